The van der Waals surface area contributed by atoms with Gasteiger partial charge in [0.15, 0.2) is 11.5 Å². The molecule has 0 radical (unpaired) electrons. The molecule has 1 unspecified atom stereocenters. The molecule has 1 aromatic carbocycles. The van der Waals surface area contributed by atoms with Crippen molar-refractivity contribution in [3.05, 3.63) is 22.2 Å². The lowest BCUT2D eigenvalue weighted by Gasteiger charge is -2.39. The van der Waals surface area contributed by atoms with Crippen LogP contribution in [0.15, 0.2) is 16.6 Å². The number of methoxy groups -OCH3 is 1. The zero-order valence-corrected chi connectivity index (χ0v) is 13.6. The van der Waals surface area contributed by atoms with Crippen LogP contribution in [0.1, 0.15) is 5.56 Å². The number of nitrogens with two attached hydrogens (primary N) is 1. The summed E-state index contributed by atoms with van der Waals surface area (Å²) in [7, 11) is 3.68. The Morgan fingerprint density at radius 3 is 2.85 bits per heavy atom. The molecule has 2 rings (SSSR count). The summed E-state index contributed by atoms with van der Waals surface area (Å²) in [6.07, 6.45) is 0. The van der Waals surface area contributed by atoms with E-state index in [1.807, 2.05) is 12.1 Å². The van der Waals surface area contributed by atoms with Gasteiger partial charge in [-0.25, -0.2) is 0 Å². The Bertz CT molecular complexity index is 470. The number of hydrogen-bond acceptors (Lipinski definition) is 5. The average molecular weight is 344 g/mol. The zero-order chi connectivity index (χ0) is 14.7. The molecule has 5 nitrogen and oxygen atoms in total. The van der Waals surface area contributed by atoms with Gasteiger partial charge in [0.2, 0.25) is 0 Å². The van der Waals surface area contributed by atoms with E-state index in [9.17, 15) is 5.11 Å². The van der Waals surface area contributed by atoms with Crippen LogP contribution in [0.2, 0.25) is 0 Å². The number of hydrogen-bond donors (Lipinski definition) is 2. The van der Waals surface area contributed by atoms with Crippen LogP contribution < -0.4 is 10.5 Å². The SMILES string of the molecule is COc1cc(CN2CCN(C)CC2CN)cc(Br)c1O. The summed E-state index contributed by atoms with van der Waals surface area (Å²) in [5, 5.41) is 9.85. The van der Waals surface area contributed by atoms with E-state index in [1.165, 1.54) is 0 Å². The minimum atomic E-state index is 0.144. The fourth-order valence-electron chi connectivity index (χ4n) is 2.59. The first-order valence-electron chi connectivity index (χ1n) is 6.73. The molecular weight excluding hydrogens is 322 g/mol. The third-order valence-corrected chi connectivity index (χ3v) is 4.38. The largest absolute Gasteiger partial charge is 0.503 e. The summed E-state index contributed by atoms with van der Waals surface area (Å²) >= 11 is 3.36. The molecule has 1 aliphatic heterocycles. The van der Waals surface area contributed by atoms with E-state index >= 15 is 0 Å². The van der Waals surface area contributed by atoms with Gasteiger partial charge in [0.1, 0.15) is 0 Å². The first-order valence-corrected chi connectivity index (χ1v) is 7.52. The minimum Gasteiger partial charge on any atom is -0.503 e. The number of phenols is 1. The van der Waals surface area contributed by atoms with E-state index in [0.29, 0.717) is 22.8 Å². The molecule has 0 amide bonds. The number of aromatic hydroxyl groups is 1. The second-order valence-electron chi connectivity index (χ2n) is 5.25. The second kappa shape index (κ2) is 6.76. The van der Waals surface area contributed by atoms with Crippen LogP contribution in [-0.2, 0) is 6.54 Å². The van der Waals surface area contributed by atoms with Crippen molar-refractivity contribution >= 4 is 15.9 Å². The van der Waals surface area contributed by atoms with Crippen molar-refractivity contribution in [2.45, 2.75) is 12.6 Å². The summed E-state index contributed by atoms with van der Waals surface area (Å²) in [5.74, 6) is 0.637. The second-order valence-corrected chi connectivity index (χ2v) is 6.11. The van der Waals surface area contributed by atoms with Gasteiger partial charge in [0.05, 0.1) is 11.6 Å². The number of rotatable bonds is 4. The molecule has 3 N–H and O–H groups in total. The Hall–Kier alpha value is -0.820. The van der Waals surface area contributed by atoms with E-state index < -0.39 is 0 Å². The summed E-state index contributed by atoms with van der Waals surface area (Å²) in [6.45, 7) is 4.50. The van der Waals surface area contributed by atoms with Crippen molar-refractivity contribution in [2.24, 2.45) is 5.73 Å². The number of likely N-dealkylation sites (N-methyl/N-ethyl adjacent to an activating group) is 1. The van der Waals surface area contributed by atoms with E-state index in [4.69, 9.17) is 10.5 Å². The van der Waals surface area contributed by atoms with Gasteiger partial charge in [-0.3, -0.25) is 4.90 Å². The molecular formula is C14H22BrN3O2. The smallest absolute Gasteiger partial charge is 0.172 e. The lowest BCUT2D eigenvalue weighted by molar-refractivity contribution is 0.0880. The van der Waals surface area contributed by atoms with Crippen LogP contribution in [0.5, 0.6) is 11.5 Å². The zero-order valence-electron chi connectivity index (χ0n) is 12.0. The van der Waals surface area contributed by atoms with Crippen LogP contribution in [0, 0.1) is 0 Å². The molecule has 1 heterocycles. The monoisotopic (exact) mass is 343 g/mol. The number of piperazine rings is 1. The molecule has 112 valence electrons. The van der Waals surface area contributed by atoms with Gasteiger partial charge in [-0.05, 0) is 40.7 Å². The van der Waals surface area contributed by atoms with Gasteiger partial charge in [-0.1, -0.05) is 0 Å². The normalized spacial score (nSPS) is 21.1. The maximum absolute atomic E-state index is 9.85. The molecule has 0 aromatic heterocycles. The summed E-state index contributed by atoms with van der Waals surface area (Å²) in [5.41, 5.74) is 6.98. The topological polar surface area (TPSA) is 62.0 Å². The molecule has 20 heavy (non-hydrogen) atoms. The van der Waals surface area contributed by atoms with Gasteiger partial charge >= 0.3 is 0 Å². The van der Waals surface area contributed by atoms with Crippen molar-refractivity contribution < 1.29 is 9.84 Å². The van der Waals surface area contributed by atoms with Gasteiger partial charge < -0.3 is 20.5 Å². The Balaban J connectivity index is 2.15. The molecule has 0 bridgehead atoms. The molecule has 1 aromatic rings. The fourth-order valence-corrected chi connectivity index (χ4v) is 3.08. The first-order chi connectivity index (χ1) is 9.55. The fraction of sp³-hybridized carbons (Fsp3) is 0.571. The third kappa shape index (κ3) is 3.44. The van der Waals surface area contributed by atoms with Gasteiger partial charge in [-0.2, -0.15) is 0 Å². The van der Waals surface area contributed by atoms with Crippen molar-refractivity contribution in [3.63, 3.8) is 0 Å². The standard InChI is InChI=1S/C14H22BrN3O2/c1-17-3-4-18(11(7-16)9-17)8-10-5-12(15)14(19)13(6-10)20-2/h5-6,11,19H,3-4,7-9,16H2,1-2H3. The maximum Gasteiger partial charge on any atom is 0.172 e. The lowest BCUT2D eigenvalue weighted by Crippen LogP contribution is -2.54. The molecule has 0 aliphatic carbocycles. The van der Waals surface area contributed by atoms with E-state index in [-0.39, 0.29) is 5.75 Å². The average Bonchev–Trinajstić information content (AvgIpc) is 2.44. The van der Waals surface area contributed by atoms with Crippen molar-refractivity contribution in [1.29, 1.82) is 0 Å². The highest BCUT2D eigenvalue weighted by atomic mass is 79.9. The highest BCUT2D eigenvalue weighted by Gasteiger charge is 2.24. The molecule has 6 heteroatoms. The predicted molar refractivity (Wildman–Crippen MR) is 83.1 cm³/mol. The van der Waals surface area contributed by atoms with Crippen molar-refractivity contribution in [1.82, 2.24) is 9.80 Å². The summed E-state index contributed by atoms with van der Waals surface area (Å²) < 4.78 is 5.85. The van der Waals surface area contributed by atoms with Crippen LogP contribution in [0.4, 0.5) is 0 Å². The van der Waals surface area contributed by atoms with Crippen LogP contribution in [-0.4, -0.2) is 61.3 Å². The molecule has 1 fully saturated rings. The molecule has 1 atom stereocenters. The van der Waals surface area contributed by atoms with Gasteiger partial charge in [-0.15, -0.1) is 0 Å². The quantitative estimate of drug-likeness (QED) is 0.861. The van der Waals surface area contributed by atoms with Crippen molar-refractivity contribution in [2.75, 3.05) is 40.3 Å². The lowest BCUT2D eigenvalue weighted by atomic mass is 10.1. The predicted octanol–water partition coefficient (Wildman–Crippen LogP) is 1.24. The maximum atomic E-state index is 9.85. The van der Waals surface area contributed by atoms with Crippen molar-refractivity contribution in [3.8, 4) is 11.5 Å². The Kier molecular flexibility index (Phi) is 5.26. The summed E-state index contributed by atoms with van der Waals surface area (Å²) in [4.78, 5) is 4.69. The molecule has 0 saturated carbocycles. The number of ether oxygens (including phenoxy) is 1. The Morgan fingerprint density at radius 1 is 1.45 bits per heavy atom. The van der Waals surface area contributed by atoms with Gasteiger partial charge in [0, 0.05) is 38.8 Å². The first kappa shape index (κ1) is 15.6. The van der Waals surface area contributed by atoms with E-state index in [1.54, 1.807) is 7.11 Å². The number of halogens is 1. The Labute approximate surface area is 128 Å². The Morgan fingerprint density at radius 2 is 2.20 bits per heavy atom. The molecule has 1 saturated heterocycles. The van der Waals surface area contributed by atoms with Gasteiger partial charge in [0.25, 0.3) is 0 Å². The number of phenolic OH excluding ortho intramolecular Hbond substituents is 1. The minimum absolute atomic E-state index is 0.144. The van der Waals surface area contributed by atoms with Crippen LogP contribution in [0.25, 0.3) is 0 Å². The van der Waals surface area contributed by atoms with Crippen LogP contribution >= 0.6 is 15.9 Å². The highest BCUT2D eigenvalue weighted by molar-refractivity contribution is 9.10. The highest BCUT2D eigenvalue weighted by Crippen LogP contribution is 2.35. The third-order valence-electron chi connectivity index (χ3n) is 3.77. The van der Waals surface area contributed by atoms with E-state index in [2.05, 4.69) is 32.8 Å². The van der Waals surface area contributed by atoms with Crippen LogP contribution in [0.3, 0.4) is 0 Å². The summed E-state index contributed by atoms with van der Waals surface area (Å²) in [6, 6.07) is 4.18. The molecule has 1 aliphatic rings. The van der Waals surface area contributed by atoms with E-state index in [0.717, 1.165) is 31.7 Å². The molecule has 0 spiro atoms. The number of nitrogens with zero attached hydrogens (tertiary/aromatic N) is 2. The number of benzene rings is 1.